The third-order valence-corrected chi connectivity index (χ3v) is 4.68. The number of aromatic nitrogens is 1. The van der Waals surface area contributed by atoms with Gasteiger partial charge in [-0.05, 0) is 29.8 Å². The van der Waals surface area contributed by atoms with E-state index >= 15 is 0 Å². The fourth-order valence-electron chi connectivity index (χ4n) is 2.34. The number of nitrogen functional groups attached to an aromatic ring is 1. The summed E-state index contributed by atoms with van der Waals surface area (Å²) in [6, 6.07) is 19.6. The van der Waals surface area contributed by atoms with E-state index in [1.54, 1.807) is 0 Å². The van der Waals surface area contributed by atoms with Crippen LogP contribution in [-0.4, -0.2) is 4.98 Å². The predicted molar refractivity (Wildman–Crippen MR) is 99.6 cm³/mol. The molecule has 0 atom stereocenters. The lowest BCUT2D eigenvalue weighted by Gasteiger charge is -2.11. The van der Waals surface area contributed by atoms with Crippen molar-refractivity contribution in [2.45, 2.75) is 0 Å². The predicted octanol–water partition coefficient (Wildman–Crippen LogP) is 5.39. The number of nitrogens with two attached hydrogens (primary N) is 1. The number of hydrogen-bond donors (Lipinski definition) is 1. The van der Waals surface area contributed by atoms with Crippen molar-refractivity contribution in [1.82, 2.24) is 4.98 Å². The zero-order valence-electron chi connectivity index (χ0n) is 11.9. The Balaban J connectivity index is 2.25. The SMILES string of the molecule is N#Cc1c(-c2ccccc2Br)cc(-c2ccc(Br)cc2)nc1N. The number of anilines is 1. The van der Waals surface area contributed by atoms with Gasteiger partial charge in [0.1, 0.15) is 17.5 Å². The van der Waals surface area contributed by atoms with Gasteiger partial charge in [0, 0.05) is 20.1 Å². The second-order valence-corrected chi connectivity index (χ2v) is 6.68. The molecule has 1 aromatic heterocycles. The van der Waals surface area contributed by atoms with Gasteiger partial charge >= 0.3 is 0 Å². The van der Waals surface area contributed by atoms with Crippen molar-refractivity contribution in [3.05, 3.63) is 69.1 Å². The van der Waals surface area contributed by atoms with E-state index < -0.39 is 0 Å². The Morgan fingerprint density at radius 2 is 1.65 bits per heavy atom. The summed E-state index contributed by atoms with van der Waals surface area (Å²) < 4.78 is 1.90. The molecule has 1 heterocycles. The fraction of sp³-hybridized carbons (Fsp3) is 0. The third kappa shape index (κ3) is 3.14. The molecule has 0 bridgehead atoms. The Morgan fingerprint density at radius 1 is 0.957 bits per heavy atom. The maximum absolute atomic E-state index is 9.46. The van der Waals surface area contributed by atoms with Crippen LogP contribution in [0.2, 0.25) is 0 Å². The molecule has 3 rings (SSSR count). The van der Waals surface area contributed by atoms with Crippen LogP contribution < -0.4 is 5.73 Å². The lowest BCUT2D eigenvalue weighted by atomic mass is 9.98. The van der Waals surface area contributed by atoms with Crippen molar-refractivity contribution in [2.75, 3.05) is 5.73 Å². The normalized spacial score (nSPS) is 10.3. The van der Waals surface area contributed by atoms with Gasteiger partial charge in [-0.1, -0.05) is 62.2 Å². The fourth-order valence-corrected chi connectivity index (χ4v) is 3.11. The summed E-state index contributed by atoms with van der Waals surface area (Å²) in [5, 5.41) is 9.46. The number of pyridine rings is 1. The highest BCUT2D eigenvalue weighted by Gasteiger charge is 2.15. The van der Waals surface area contributed by atoms with Crippen LogP contribution in [0.3, 0.4) is 0 Å². The highest BCUT2D eigenvalue weighted by Crippen LogP contribution is 2.35. The average Bonchev–Trinajstić information content (AvgIpc) is 2.55. The topological polar surface area (TPSA) is 62.7 Å². The summed E-state index contributed by atoms with van der Waals surface area (Å²) in [5.74, 6) is 0.235. The van der Waals surface area contributed by atoms with Crippen molar-refractivity contribution in [3.63, 3.8) is 0 Å². The van der Waals surface area contributed by atoms with E-state index in [0.29, 0.717) is 5.56 Å². The third-order valence-electron chi connectivity index (χ3n) is 3.46. The molecule has 112 valence electrons. The van der Waals surface area contributed by atoms with Crippen molar-refractivity contribution in [2.24, 2.45) is 0 Å². The van der Waals surface area contributed by atoms with Crippen molar-refractivity contribution >= 4 is 37.7 Å². The number of hydrogen-bond acceptors (Lipinski definition) is 3. The molecule has 0 radical (unpaired) electrons. The molecule has 2 N–H and O–H groups in total. The standard InChI is InChI=1S/C18H11Br2N3/c19-12-7-5-11(6-8-12)17-9-14(15(10-21)18(22)23-17)13-3-1-2-4-16(13)20/h1-9H,(H2,22,23). The molecular formula is C18H11Br2N3. The quantitative estimate of drug-likeness (QED) is 0.594. The highest BCUT2D eigenvalue weighted by molar-refractivity contribution is 9.10. The smallest absolute Gasteiger partial charge is 0.142 e. The minimum atomic E-state index is 0.235. The molecule has 0 aliphatic rings. The summed E-state index contributed by atoms with van der Waals surface area (Å²) in [7, 11) is 0. The van der Waals surface area contributed by atoms with Crippen LogP contribution >= 0.6 is 31.9 Å². The van der Waals surface area contributed by atoms with E-state index in [1.807, 2.05) is 54.6 Å². The van der Waals surface area contributed by atoms with Gasteiger partial charge in [-0.2, -0.15) is 5.26 Å². The van der Waals surface area contributed by atoms with Crippen molar-refractivity contribution in [3.8, 4) is 28.5 Å². The first kappa shape index (κ1) is 15.7. The van der Waals surface area contributed by atoms with E-state index in [9.17, 15) is 5.26 Å². The van der Waals surface area contributed by atoms with E-state index in [2.05, 4.69) is 42.9 Å². The zero-order valence-corrected chi connectivity index (χ0v) is 15.1. The lowest BCUT2D eigenvalue weighted by Crippen LogP contribution is -2.00. The molecule has 0 amide bonds. The zero-order chi connectivity index (χ0) is 16.4. The van der Waals surface area contributed by atoms with E-state index in [-0.39, 0.29) is 5.82 Å². The summed E-state index contributed by atoms with van der Waals surface area (Å²) >= 11 is 6.96. The first-order valence-corrected chi connectivity index (χ1v) is 8.40. The van der Waals surface area contributed by atoms with Gasteiger partial charge in [0.05, 0.1) is 5.69 Å². The first-order chi connectivity index (χ1) is 11.1. The van der Waals surface area contributed by atoms with Crippen molar-refractivity contribution in [1.29, 1.82) is 5.26 Å². The Kier molecular flexibility index (Phi) is 4.46. The number of halogens is 2. The lowest BCUT2D eigenvalue weighted by molar-refractivity contribution is 1.31. The maximum Gasteiger partial charge on any atom is 0.142 e. The second kappa shape index (κ2) is 6.53. The van der Waals surface area contributed by atoms with Crippen LogP contribution in [-0.2, 0) is 0 Å². The Labute approximate surface area is 151 Å². The monoisotopic (exact) mass is 427 g/mol. The van der Waals surface area contributed by atoms with Gasteiger partial charge in [0.25, 0.3) is 0 Å². The van der Waals surface area contributed by atoms with Gasteiger partial charge in [-0.15, -0.1) is 0 Å². The molecule has 0 spiro atoms. The molecule has 0 saturated heterocycles. The van der Waals surface area contributed by atoms with Crippen molar-refractivity contribution < 1.29 is 0 Å². The van der Waals surface area contributed by atoms with Gasteiger partial charge < -0.3 is 5.73 Å². The highest BCUT2D eigenvalue weighted by atomic mass is 79.9. The summed E-state index contributed by atoms with van der Waals surface area (Å²) in [6.45, 7) is 0. The molecule has 0 fully saturated rings. The molecular weight excluding hydrogens is 418 g/mol. The van der Waals surface area contributed by atoms with E-state index in [0.717, 1.165) is 31.3 Å². The Bertz CT molecular complexity index is 913. The summed E-state index contributed by atoms with van der Waals surface area (Å²) in [4.78, 5) is 4.38. The van der Waals surface area contributed by atoms with Crippen LogP contribution in [0.4, 0.5) is 5.82 Å². The number of nitriles is 1. The minimum Gasteiger partial charge on any atom is -0.383 e. The maximum atomic E-state index is 9.46. The van der Waals surface area contributed by atoms with Crippen LogP contribution in [0.1, 0.15) is 5.56 Å². The number of rotatable bonds is 2. The van der Waals surface area contributed by atoms with Crippen LogP contribution in [0.15, 0.2) is 63.5 Å². The van der Waals surface area contributed by atoms with Gasteiger partial charge in [-0.3, -0.25) is 0 Å². The molecule has 0 saturated carbocycles. The molecule has 5 heteroatoms. The largest absolute Gasteiger partial charge is 0.383 e. The Morgan fingerprint density at radius 3 is 2.30 bits per heavy atom. The molecule has 0 aliphatic carbocycles. The van der Waals surface area contributed by atoms with E-state index in [1.165, 1.54) is 0 Å². The number of nitrogens with zero attached hydrogens (tertiary/aromatic N) is 2. The minimum absolute atomic E-state index is 0.235. The van der Waals surface area contributed by atoms with Crippen LogP contribution in [0.25, 0.3) is 22.4 Å². The van der Waals surface area contributed by atoms with Gasteiger partial charge in [0.15, 0.2) is 0 Å². The van der Waals surface area contributed by atoms with Crippen LogP contribution in [0.5, 0.6) is 0 Å². The summed E-state index contributed by atoms with van der Waals surface area (Å²) in [6.07, 6.45) is 0. The molecule has 23 heavy (non-hydrogen) atoms. The second-order valence-electron chi connectivity index (χ2n) is 4.91. The Hall–Kier alpha value is -2.16. The average molecular weight is 429 g/mol. The number of benzene rings is 2. The van der Waals surface area contributed by atoms with Gasteiger partial charge in [-0.25, -0.2) is 4.98 Å². The summed E-state index contributed by atoms with van der Waals surface area (Å²) in [5.41, 5.74) is 9.78. The van der Waals surface area contributed by atoms with Crippen LogP contribution in [0, 0.1) is 11.3 Å². The molecule has 2 aromatic carbocycles. The molecule has 0 unspecified atom stereocenters. The first-order valence-electron chi connectivity index (χ1n) is 6.81. The van der Waals surface area contributed by atoms with Gasteiger partial charge in [0.2, 0.25) is 0 Å². The molecule has 3 nitrogen and oxygen atoms in total. The van der Waals surface area contributed by atoms with E-state index in [4.69, 9.17) is 5.73 Å². The molecule has 0 aliphatic heterocycles. The molecule has 3 aromatic rings.